The first-order valence-electron chi connectivity index (χ1n) is 9.38. The summed E-state index contributed by atoms with van der Waals surface area (Å²) in [6.45, 7) is 36.5. The van der Waals surface area contributed by atoms with E-state index < -0.39 is 16.2 Å². The number of halogens is 2. The molecule has 0 nitrogen and oxygen atoms in total. The third kappa shape index (κ3) is 81.8. The van der Waals surface area contributed by atoms with Crippen LogP contribution in [0.2, 0.25) is 39.9 Å². The van der Waals surface area contributed by atoms with E-state index in [2.05, 4.69) is 83.1 Å². The van der Waals surface area contributed by atoms with Crippen LogP contribution in [-0.4, -0.2) is 58.5 Å². The molecule has 0 unspecified atom stereocenters. The van der Waals surface area contributed by atoms with E-state index in [9.17, 15) is 0 Å². The van der Waals surface area contributed by atoms with Gasteiger partial charge in [0.05, 0.1) is 0 Å². The molecule has 0 rings (SSSR count). The maximum Gasteiger partial charge on any atom is 0.158 e. The fourth-order valence-electron chi connectivity index (χ4n) is 2.25. The van der Waals surface area contributed by atoms with Gasteiger partial charge in [0.1, 0.15) is 0 Å². The first-order chi connectivity index (χ1) is 10.9. The Morgan fingerprint density at radius 2 is 0.500 bits per heavy atom. The molecular formula is C20H48Cl2Si2Sn2. The van der Waals surface area contributed by atoms with Crippen LogP contribution in [0.25, 0.3) is 0 Å². The Hall–Kier alpha value is 2.61. The minimum absolute atomic E-state index is 0.182. The molecule has 158 valence electrons. The summed E-state index contributed by atoms with van der Waals surface area (Å²) in [7, 11) is -0.815. The van der Waals surface area contributed by atoms with Crippen molar-refractivity contribution in [3.05, 3.63) is 0 Å². The monoisotopic (exact) mass is 654 g/mol. The standard InChI is InChI=1S/4C4H9.2C2H6ClSi.2Sn/c6*1-4(2)3;;/h4*1-3H3;2*1-2H3;;. The maximum absolute atomic E-state index is 5.38. The molecule has 0 heterocycles. The van der Waals surface area contributed by atoms with Crippen molar-refractivity contribution in [1.82, 2.24) is 0 Å². The molecule has 0 bridgehead atoms. The van der Waals surface area contributed by atoms with Gasteiger partial charge in [0.15, 0.2) is 16.2 Å². The van der Waals surface area contributed by atoms with Crippen LogP contribution < -0.4 is 0 Å². The summed E-state index contributed by atoms with van der Waals surface area (Å²) in [4.78, 5) is 0. The van der Waals surface area contributed by atoms with Gasteiger partial charge in [-0.25, -0.2) is 0 Å². The fourth-order valence-corrected chi connectivity index (χ4v) is 15.1. The number of hydrogen-bond donors (Lipinski definition) is 0. The summed E-state index contributed by atoms with van der Waals surface area (Å²) in [5.74, 6) is 0. The van der Waals surface area contributed by atoms with Crippen LogP contribution >= 0.6 is 22.2 Å². The van der Waals surface area contributed by atoms with Crippen molar-refractivity contribution in [2.24, 2.45) is 0 Å². The smallest absolute Gasteiger partial charge is 0.158 e. The summed E-state index contributed by atoms with van der Waals surface area (Å²) in [5.41, 5.74) is 0. The molecule has 0 aliphatic heterocycles. The second kappa shape index (κ2) is 16.3. The van der Waals surface area contributed by atoms with Crippen molar-refractivity contribution in [2.45, 2.75) is 123 Å². The van der Waals surface area contributed by atoms with E-state index in [4.69, 9.17) is 22.2 Å². The van der Waals surface area contributed by atoms with Gasteiger partial charge in [-0.1, -0.05) is 26.2 Å². The van der Waals surface area contributed by atoms with Crippen LogP contribution in [0.5, 0.6) is 0 Å². The molecule has 0 N–H and O–H groups in total. The Bertz CT molecular complexity index is 246. The number of rotatable bonds is 0. The van der Waals surface area contributed by atoms with Gasteiger partial charge in [-0.05, 0) is 0 Å². The molecule has 0 aromatic heterocycles. The molecule has 0 spiro atoms. The minimum atomic E-state index is -0.407. The van der Waals surface area contributed by atoms with Crippen LogP contribution in [0.3, 0.4) is 0 Å². The normalized spacial score (nSPS) is 12.5. The summed E-state index contributed by atoms with van der Waals surface area (Å²) in [6, 6.07) is 0. The van der Waals surface area contributed by atoms with Gasteiger partial charge in [-0.2, -0.15) is 22.2 Å². The van der Waals surface area contributed by atoms with Crippen LogP contribution in [0.1, 0.15) is 83.1 Å². The molecule has 0 amide bonds. The van der Waals surface area contributed by atoms with Gasteiger partial charge in [0.2, 0.25) is 0 Å². The van der Waals surface area contributed by atoms with Gasteiger partial charge >= 0.3 is 139 Å². The van der Waals surface area contributed by atoms with Gasteiger partial charge < -0.3 is 0 Å². The zero-order valence-corrected chi connectivity index (χ0v) is 30.0. The van der Waals surface area contributed by atoms with Crippen LogP contribution in [0.4, 0.5) is 0 Å². The largest absolute Gasteiger partial charge is 0.170 e. The van der Waals surface area contributed by atoms with E-state index >= 15 is 0 Å². The maximum atomic E-state index is 5.38. The van der Waals surface area contributed by atoms with Crippen molar-refractivity contribution < 1.29 is 0 Å². The topological polar surface area (TPSA) is 0 Å². The molecule has 0 aliphatic carbocycles. The van der Waals surface area contributed by atoms with Crippen LogP contribution in [-0.2, 0) is 0 Å². The Kier molecular flexibility index (Phi) is 22.6. The quantitative estimate of drug-likeness (QED) is 0.181. The molecule has 0 fully saturated rings. The zero-order chi connectivity index (χ0) is 22.6. The molecule has 6 radical (unpaired) electrons. The van der Waals surface area contributed by atoms with E-state index in [-0.39, 0.29) is 42.3 Å². The van der Waals surface area contributed by atoms with Crippen LogP contribution in [0.15, 0.2) is 0 Å². The van der Waals surface area contributed by atoms with Crippen molar-refractivity contribution in [2.75, 3.05) is 0 Å². The first kappa shape index (κ1) is 36.0. The van der Waals surface area contributed by atoms with E-state index in [0.29, 0.717) is 13.7 Å². The second-order valence-electron chi connectivity index (χ2n) is 11.0. The van der Waals surface area contributed by atoms with Crippen LogP contribution in [0, 0.1) is 0 Å². The van der Waals surface area contributed by atoms with Gasteiger partial charge in [0, 0.05) is 0 Å². The molecule has 0 saturated carbocycles. The minimum Gasteiger partial charge on any atom is -0.170 e. The van der Waals surface area contributed by atoms with Crippen molar-refractivity contribution in [3.63, 3.8) is 0 Å². The number of hydrogen-bond acceptors (Lipinski definition) is 0. The zero-order valence-electron chi connectivity index (χ0n) is 20.8. The summed E-state index contributed by atoms with van der Waals surface area (Å²) >= 11 is 10.4. The van der Waals surface area contributed by atoms with Crippen molar-refractivity contribution in [1.29, 1.82) is 0 Å². The SMILES string of the molecule is C[C](C)(C)[Sn][C](C)(C)C.C[C](C)(C)[Sn][C](C)(C)C.C[Si](C)Cl.C[Si](C)Cl. The molecule has 6 heteroatoms. The summed E-state index contributed by atoms with van der Waals surface area (Å²) < 4.78 is 2.62. The Morgan fingerprint density at radius 3 is 0.500 bits per heavy atom. The molecule has 26 heavy (non-hydrogen) atoms. The Morgan fingerprint density at radius 1 is 0.423 bits per heavy atom. The predicted octanol–water partition coefficient (Wildman–Crippen LogP) is 9.21. The second-order valence-corrected chi connectivity index (χ2v) is 37.6. The van der Waals surface area contributed by atoms with Gasteiger partial charge in [-0.3, -0.25) is 0 Å². The Balaban J connectivity index is -0.000000134. The van der Waals surface area contributed by atoms with E-state index in [1.54, 1.807) is 0 Å². The third-order valence-corrected chi connectivity index (χ3v) is 10.1. The van der Waals surface area contributed by atoms with E-state index in [1.165, 1.54) is 0 Å². The fraction of sp³-hybridized carbons (Fsp3) is 1.00. The van der Waals surface area contributed by atoms with Gasteiger partial charge in [-0.15, -0.1) is 0 Å². The van der Waals surface area contributed by atoms with Crippen molar-refractivity contribution >= 4 is 80.7 Å². The average molecular weight is 653 g/mol. The predicted molar refractivity (Wildman–Crippen MR) is 137 cm³/mol. The Labute approximate surface area is 201 Å². The molecular weight excluding hydrogens is 605 g/mol. The van der Waals surface area contributed by atoms with Gasteiger partial charge in [0.25, 0.3) is 0 Å². The molecule has 0 aliphatic rings. The average Bonchev–Trinajstić information content (AvgIpc) is 2.00. The third-order valence-electron chi connectivity index (χ3n) is 1.50. The van der Waals surface area contributed by atoms with E-state index in [1.807, 2.05) is 26.2 Å². The summed E-state index contributed by atoms with van der Waals surface area (Å²) in [6.07, 6.45) is 0. The van der Waals surface area contributed by atoms with E-state index in [0.717, 1.165) is 0 Å². The van der Waals surface area contributed by atoms with Crippen molar-refractivity contribution in [3.8, 4) is 0 Å². The molecule has 0 aromatic rings. The molecule has 0 atom stereocenters. The molecule has 0 saturated heterocycles. The first-order valence-corrected chi connectivity index (χ1v) is 22.1. The summed E-state index contributed by atoms with van der Waals surface area (Å²) in [5, 5.41) is 0. The molecule has 0 aromatic carbocycles.